The molecule has 0 atom stereocenters. The number of carbonyl (C=O) groups is 1. The van der Waals surface area contributed by atoms with E-state index in [1.807, 2.05) is 30.4 Å². The number of hydrogen-bond acceptors (Lipinski definition) is 2. The topological polar surface area (TPSA) is 26.3 Å². The Hall–Kier alpha value is -0.246. The van der Waals surface area contributed by atoms with Gasteiger partial charge >= 0.3 is 5.97 Å². The fourth-order valence-corrected chi connectivity index (χ4v) is 1.38. The zero-order valence-corrected chi connectivity index (χ0v) is 14.0. The average Bonchev–Trinajstić information content (AvgIpc) is 2.71. The van der Waals surface area contributed by atoms with Crippen molar-refractivity contribution in [2.45, 2.75) is 12.8 Å². The number of para-hydroxylation sites is 1. The van der Waals surface area contributed by atoms with Gasteiger partial charge in [-0.2, -0.15) is 6.08 Å². The molecule has 104 valence electrons. The molecular formula is C13H14Cl3O2Ti-. The van der Waals surface area contributed by atoms with Crippen LogP contribution in [0.3, 0.4) is 0 Å². The molecule has 0 aromatic heterocycles. The minimum atomic E-state index is -0.241. The van der Waals surface area contributed by atoms with Crippen molar-refractivity contribution in [1.82, 2.24) is 0 Å². The second-order valence-electron chi connectivity index (χ2n) is 3.27. The maximum absolute atomic E-state index is 11.5. The first-order chi connectivity index (χ1) is 7.34. The van der Waals surface area contributed by atoms with Crippen LogP contribution in [0.2, 0.25) is 0 Å². The predicted octanol–water partition coefficient (Wildman–Crippen LogP) is 3.93. The van der Waals surface area contributed by atoms with Gasteiger partial charge in [-0.1, -0.05) is 18.2 Å². The summed E-state index contributed by atoms with van der Waals surface area (Å²) in [7, 11) is 0. The van der Waals surface area contributed by atoms with Crippen LogP contribution in [0.1, 0.15) is 12.8 Å². The molecule has 0 spiro atoms. The molecule has 2 nitrogen and oxygen atoms in total. The minimum Gasteiger partial charge on any atom is -0.426 e. The van der Waals surface area contributed by atoms with Crippen LogP contribution in [0.4, 0.5) is 0 Å². The Labute approximate surface area is 146 Å². The molecule has 0 fully saturated rings. The Morgan fingerprint density at radius 1 is 1.16 bits per heavy atom. The number of carbonyl (C=O) groups excluding carboxylic acids is 1. The van der Waals surface area contributed by atoms with E-state index in [1.165, 1.54) is 0 Å². The summed E-state index contributed by atoms with van der Waals surface area (Å²) in [6.45, 7) is 0. The third-order valence-electron chi connectivity index (χ3n) is 2.08. The Kier molecular flexibility index (Phi) is 16.0. The number of halogens is 3. The van der Waals surface area contributed by atoms with E-state index in [2.05, 4.69) is 6.08 Å². The molecule has 0 unspecified atom stereocenters. The van der Waals surface area contributed by atoms with E-state index in [9.17, 15) is 4.79 Å². The summed E-state index contributed by atoms with van der Waals surface area (Å²) in [4.78, 5) is 11.5. The monoisotopic (exact) mass is 355 g/mol. The van der Waals surface area contributed by atoms with E-state index >= 15 is 0 Å². The molecule has 1 aromatic carbocycles. The Bertz CT molecular complexity index is 419. The van der Waals surface area contributed by atoms with Gasteiger partial charge in [0.1, 0.15) is 5.75 Å². The fourth-order valence-electron chi connectivity index (χ4n) is 1.38. The molecular weight excluding hydrogens is 342 g/mol. The standard InChI is InChI=1S/C13H11O2.3ClH.Ti/c14-13(10-11-6-4-5-7-11)15-12-8-2-1-3-9-12;;;;/h1-4,6,8-9H,5,10H2;3*1H;/q-1;;;;. The molecule has 1 aliphatic carbocycles. The zero-order valence-electron chi connectivity index (χ0n) is 10.00. The Balaban J connectivity index is -0.000000640. The van der Waals surface area contributed by atoms with Crippen LogP contribution in [0.5, 0.6) is 5.75 Å². The van der Waals surface area contributed by atoms with E-state index in [1.54, 1.807) is 12.1 Å². The maximum atomic E-state index is 11.5. The van der Waals surface area contributed by atoms with Gasteiger partial charge in [-0.05, 0) is 12.1 Å². The van der Waals surface area contributed by atoms with Gasteiger partial charge < -0.3 is 4.74 Å². The number of rotatable bonds is 3. The number of hydrogen-bond donors (Lipinski definition) is 0. The smallest absolute Gasteiger partial charge is 0.312 e. The van der Waals surface area contributed by atoms with E-state index < -0.39 is 0 Å². The van der Waals surface area contributed by atoms with Crippen molar-refractivity contribution in [2.75, 3.05) is 0 Å². The molecule has 0 saturated carbocycles. The van der Waals surface area contributed by atoms with Crippen molar-refractivity contribution >= 4 is 43.2 Å². The maximum Gasteiger partial charge on any atom is 0.312 e. The van der Waals surface area contributed by atoms with Crippen LogP contribution < -0.4 is 4.74 Å². The third-order valence-corrected chi connectivity index (χ3v) is 2.08. The van der Waals surface area contributed by atoms with Gasteiger partial charge in [0.25, 0.3) is 0 Å². The molecule has 1 aromatic rings. The zero-order chi connectivity index (χ0) is 10.5. The van der Waals surface area contributed by atoms with Gasteiger partial charge in [0.2, 0.25) is 0 Å². The molecule has 6 heteroatoms. The molecule has 0 heterocycles. The van der Waals surface area contributed by atoms with Crippen molar-refractivity contribution < 1.29 is 31.2 Å². The largest absolute Gasteiger partial charge is 0.426 e. The summed E-state index contributed by atoms with van der Waals surface area (Å²) >= 11 is 0. The van der Waals surface area contributed by atoms with Crippen LogP contribution in [0.25, 0.3) is 0 Å². The molecule has 0 bridgehead atoms. The second-order valence-corrected chi connectivity index (χ2v) is 3.27. The predicted molar refractivity (Wildman–Crippen MR) is 79.0 cm³/mol. The first-order valence-electron chi connectivity index (χ1n) is 4.86. The SMILES string of the molecule is Cl.Cl.Cl.O=C(CC1=[C-]CC=C1)Oc1ccccc1.[Ti]. The summed E-state index contributed by atoms with van der Waals surface area (Å²) < 4.78 is 5.14. The average molecular weight is 356 g/mol. The van der Waals surface area contributed by atoms with E-state index in [-0.39, 0.29) is 64.9 Å². The molecule has 0 amide bonds. The fraction of sp³-hybridized carbons (Fsp3) is 0.154. The van der Waals surface area contributed by atoms with Gasteiger partial charge in [-0.15, -0.1) is 43.6 Å². The molecule has 0 N–H and O–H groups in total. The molecule has 0 aliphatic heterocycles. The minimum absolute atomic E-state index is 0. The van der Waals surface area contributed by atoms with Gasteiger partial charge in [0.15, 0.2) is 0 Å². The van der Waals surface area contributed by atoms with Crippen LogP contribution in [0, 0.1) is 6.08 Å². The van der Waals surface area contributed by atoms with Crippen LogP contribution >= 0.6 is 37.2 Å². The van der Waals surface area contributed by atoms with Crippen molar-refractivity contribution in [2.24, 2.45) is 0 Å². The summed E-state index contributed by atoms with van der Waals surface area (Å²) in [6, 6.07) is 9.08. The summed E-state index contributed by atoms with van der Waals surface area (Å²) in [5, 5.41) is 0. The van der Waals surface area contributed by atoms with E-state index in [4.69, 9.17) is 4.74 Å². The first-order valence-corrected chi connectivity index (χ1v) is 4.86. The molecule has 2 rings (SSSR count). The van der Waals surface area contributed by atoms with Gasteiger partial charge in [-0.25, -0.2) is 11.6 Å². The molecule has 0 saturated heterocycles. The number of esters is 1. The number of allylic oxidation sites excluding steroid dienone is 3. The van der Waals surface area contributed by atoms with Gasteiger partial charge in [0, 0.05) is 28.1 Å². The van der Waals surface area contributed by atoms with Crippen LogP contribution in [-0.2, 0) is 26.5 Å². The second kappa shape index (κ2) is 12.8. The number of ether oxygens (including phenoxy) is 1. The Morgan fingerprint density at radius 2 is 1.79 bits per heavy atom. The van der Waals surface area contributed by atoms with Gasteiger partial charge in [-0.3, -0.25) is 10.9 Å². The van der Waals surface area contributed by atoms with Crippen molar-refractivity contribution in [3.63, 3.8) is 0 Å². The van der Waals surface area contributed by atoms with E-state index in [0.29, 0.717) is 12.2 Å². The number of benzene rings is 1. The molecule has 0 radical (unpaired) electrons. The molecule has 1 aliphatic rings. The first kappa shape index (κ1) is 23.8. The van der Waals surface area contributed by atoms with Crippen LogP contribution in [-0.4, -0.2) is 5.97 Å². The summed E-state index contributed by atoms with van der Waals surface area (Å²) in [5.74, 6) is 0.348. The quantitative estimate of drug-likeness (QED) is 0.355. The molecule has 19 heavy (non-hydrogen) atoms. The van der Waals surface area contributed by atoms with Gasteiger partial charge in [0.05, 0.1) is 0 Å². The van der Waals surface area contributed by atoms with Crippen molar-refractivity contribution in [3.8, 4) is 5.75 Å². The van der Waals surface area contributed by atoms with Crippen molar-refractivity contribution in [3.05, 3.63) is 54.1 Å². The van der Waals surface area contributed by atoms with E-state index in [0.717, 1.165) is 12.0 Å². The van der Waals surface area contributed by atoms with Crippen molar-refractivity contribution in [1.29, 1.82) is 0 Å². The summed E-state index contributed by atoms with van der Waals surface area (Å²) in [5.41, 5.74) is 0.913. The third kappa shape index (κ3) is 8.51. The summed E-state index contributed by atoms with van der Waals surface area (Å²) in [6.07, 6.45) is 8.06. The normalized spacial score (nSPS) is 10.8. The Morgan fingerprint density at radius 3 is 2.32 bits per heavy atom. The van der Waals surface area contributed by atoms with Crippen LogP contribution in [0.15, 0.2) is 48.1 Å².